The first kappa shape index (κ1) is 54.8. The molecule has 0 unspecified atom stereocenters. The van der Waals surface area contributed by atoms with Gasteiger partial charge in [-0.3, -0.25) is 13.2 Å². The summed E-state index contributed by atoms with van der Waals surface area (Å²) in [5, 5.41) is 34.4. The van der Waals surface area contributed by atoms with Gasteiger partial charge < -0.3 is 39.2 Å². The van der Waals surface area contributed by atoms with Crippen LogP contribution in [0.1, 0.15) is 136 Å². The summed E-state index contributed by atoms with van der Waals surface area (Å²) >= 11 is 0. The van der Waals surface area contributed by atoms with Gasteiger partial charge in [0.05, 0.1) is 25.4 Å². The molecule has 0 aromatic heterocycles. The van der Waals surface area contributed by atoms with Gasteiger partial charge in [-0.2, -0.15) is 0 Å². The SMILES string of the molecule is CCCCCC/C=C/[C@@H](O)[C@H](CO[C@@H]1O[C@H](COS(=O)(=O)[O-])[C@H](O)[C@H](O)[C@H]1OS(=O)(=O)[O-])NC(=O)CCCCCCCCCCCCCCC.[Na+].[Na+]. The third kappa shape index (κ3) is 27.4. The van der Waals surface area contributed by atoms with Crippen LogP contribution in [0, 0.1) is 0 Å². The molecule has 4 N–H and O–H groups in total. The van der Waals surface area contributed by atoms with Crippen molar-refractivity contribution in [3.8, 4) is 0 Å². The van der Waals surface area contributed by atoms with Crippen molar-refractivity contribution in [2.75, 3.05) is 13.2 Å². The summed E-state index contributed by atoms with van der Waals surface area (Å²) in [7, 11) is -10.7. The summed E-state index contributed by atoms with van der Waals surface area (Å²) in [5.41, 5.74) is 0. The van der Waals surface area contributed by atoms with Gasteiger partial charge in [-0.1, -0.05) is 122 Å². The number of aliphatic hydroxyl groups excluding tert-OH is 3. The van der Waals surface area contributed by atoms with E-state index in [0.29, 0.717) is 12.8 Å². The van der Waals surface area contributed by atoms with Gasteiger partial charge in [0.1, 0.15) is 18.3 Å². The van der Waals surface area contributed by atoms with Crippen LogP contribution in [0.2, 0.25) is 0 Å². The fourth-order valence-corrected chi connectivity index (χ4v) is 6.41. The number of unbranched alkanes of at least 4 members (excludes halogenated alkanes) is 16. The van der Waals surface area contributed by atoms with Crippen LogP contribution in [0.5, 0.6) is 0 Å². The summed E-state index contributed by atoms with van der Waals surface area (Å²) in [5.74, 6) is -0.376. The molecule has 1 rings (SSSR count). The number of hydrogen-bond acceptors (Lipinski definition) is 14. The van der Waals surface area contributed by atoms with Crippen LogP contribution in [0.25, 0.3) is 0 Å². The Morgan fingerprint density at radius 1 is 0.788 bits per heavy atom. The van der Waals surface area contributed by atoms with E-state index < -0.39 is 76.9 Å². The van der Waals surface area contributed by atoms with Crippen LogP contribution in [-0.4, -0.2) is 103 Å². The van der Waals surface area contributed by atoms with Crippen molar-refractivity contribution in [3.63, 3.8) is 0 Å². The molecule has 19 heteroatoms. The quantitative estimate of drug-likeness (QED) is 0.0195. The van der Waals surface area contributed by atoms with Crippen molar-refractivity contribution >= 4 is 26.7 Å². The number of carbonyl (C=O) groups excluding carboxylic acids is 1. The maximum absolute atomic E-state index is 12.9. The minimum Gasteiger partial charge on any atom is -0.726 e. The fraction of sp³-hybridized carbons (Fsp3) is 0.909. The molecule has 52 heavy (non-hydrogen) atoms. The maximum Gasteiger partial charge on any atom is 1.00 e. The van der Waals surface area contributed by atoms with E-state index in [2.05, 4.69) is 27.5 Å². The normalized spacial score (nSPS) is 22.0. The number of rotatable bonds is 30. The van der Waals surface area contributed by atoms with Gasteiger partial charge in [-0.15, -0.1) is 0 Å². The third-order valence-corrected chi connectivity index (χ3v) is 9.40. The van der Waals surface area contributed by atoms with E-state index in [1.165, 1.54) is 57.4 Å². The predicted molar refractivity (Wildman–Crippen MR) is 183 cm³/mol. The predicted octanol–water partition coefficient (Wildman–Crippen LogP) is -2.37. The molecule has 0 aromatic carbocycles. The van der Waals surface area contributed by atoms with Crippen molar-refractivity contribution in [1.29, 1.82) is 0 Å². The first-order valence-electron chi connectivity index (χ1n) is 18.2. The zero-order valence-electron chi connectivity index (χ0n) is 31.7. The Bertz CT molecular complexity index is 1150. The van der Waals surface area contributed by atoms with Gasteiger partial charge in [0.25, 0.3) is 0 Å². The van der Waals surface area contributed by atoms with Crippen LogP contribution >= 0.6 is 0 Å². The van der Waals surface area contributed by atoms with Crippen molar-refractivity contribution < 1.29 is 123 Å². The average molecular weight is 806 g/mol. The van der Waals surface area contributed by atoms with Gasteiger partial charge in [0, 0.05) is 6.42 Å². The Morgan fingerprint density at radius 3 is 1.79 bits per heavy atom. The van der Waals surface area contributed by atoms with Crippen molar-refractivity contribution in [2.45, 2.75) is 179 Å². The Hall–Kier alpha value is 0.750. The van der Waals surface area contributed by atoms with Gasteiger partial charge in [-0.05, 0) is 19.3 Å². The second-order valence-electron chi connectivity index (χ2n) is 13.0. The largest absolute Gasteiger partial charge is 1.00 e. The van der Waals surface area contributed by atoms with Crippen LogP contribution in [0.4, 0.5) is 0 Å². The molecule has 1 aliphatic heterocycles. The van der Waals surface area contributed by atoms with E-state index in [9.17, 15) is 46.1 Å². The molecule has 296 valence electrons. The van der Waals surface area contributed by atoms with E-state index in [1.807, 2.05) is 0 Å². The molecule has 0 aliphatic carbocycles. The molecule has 7 atom stereocenters. The van der Waals surface area contributed by atoms with E-state index in [4.69, 9.17) is 9.47 Å². The molecule has 15 nitrogen and oxygen atoms in total. The molecular formula is C33H61NNa2O14S2. The second kappa shape index (κ2) is 31.8. The second-order valence-corrected chi connectivity index (χ2v) is 15.0. The number of amides is 1. The molecule has 0 aromatic rings. The Balaban J connectivity index is 0. The van der Waals surface area contributed by atoms with Crippen molar-refractivity contribution in [1.82, 2.24) is 5.32 Å². The Labute approximate surface area is 356 Å². The Morgan fingerprint density at radius 2 is 1.29 bits per heavy atom. The maximum atomic E-state index is 12.9. The van der Waals surface area contributed by atoms with Gasteiger partial charge >= 0.3 is 59.1 Å². The van der Waals surface area contributed by atoms with Gasteiger partial charge in [-0.25, -0.2) is 16.8 Å². The van der Waals surface area contributed by atoms with E-state index >= 15 is 0 Å². The summed E-state index contributed by atoms with van der Waals surface area (Å²) in [4.78, 5) is 12.9. The van der Waals surface area contributed by atoms with E-state index in [1.54, 1.807) is 6.08 Å². The molecule has 1 heterocycles. The molecule has 1 amide bonds. The molecule has 1 aliphatic rings. The number of hydrogen-bond donors (Lipinski definition) is 4. The number of nitrogens with one attached hydrogen (secondary N) is 1. The van der Waals surface area contributed by atoms with Crippen molar-refractivity contribution in [2.24, 2.45) is 0 Å². The number of allylic oxidation sites excluding steroid dienone is 1. The summed E-state index contributed by atoms with van der Waals surface area (Å²) < 4.78 is 86.3. The van der Waals surface area contributed by atoms with Crippen LogP contribution in [0.15, 0.2) is 12.2 Å². The average Bonchev–Trinajstić information content (AvgIpc) is 3.04. The van der Waals surface area contributed by atoms with Gasteiger partial charge in [0.15, 0.2) is 12.4 Å². The topological polar surface area (TPSA) is 241 Å². The molecule has 0 spiro atoms. The zero-order valence-corrected chi connectivity index (χ0v) is 37.3. The van der Waals surface area contributed by atoms with Crippen LogP contribution in [-0.2, 0) is 43.4 Å². The summed E-state index contributed by atoms with van der Waals surface area (Å²) in [6, 6.07) is -1.11. The van der Waals surface area contributed by atoms with Gasteiger partial charge in [0.2, 0.25) is 26.7 Å². The summed E-state index contributed by atoms with van der Waals surface area (Å²) in [6.07, 6.45) is 11.8. The summed E-state index contributed by atoms with van der Waals surface area (Å²) in [6.45, 7) is 2.67. The molecule has 0 bridgehead atoms. The van der Waals surface area contributed by atoms with E-state index in [0.717, 1.165) is 51.4 Å². The molecule has 0 saturated carbocycles. The van der Waals surface area contributed by atoms with E-state index in [-0.39, 0.29) is 71.4 Å². The molecule has 1 fully saturated rings. The van der Waals surface area contributed by atoms with Crippen LogP contribution < -0.4 is 64.4 Å². The number of ether oxygens (including phenoxy) is 2. The standard InChI is InChI=1S/C33H63NO14S2.2Na/c1-3-5-7-9-11-12-13-14-15-16-17-19-21-23-29(36)34-26(27(35)22-20-18-10-8-6-4-2)24-45-33-32(48-50(42,43)44)31(38)30(37)28(47-33)25-46-49(39,40)41;;/h20,22,26-28,30-33,35,37-38H,3-19,21,23-25H2,1-2H3,(H,34,36)(H,39,40,41)(H,42,43,44);;/q;2*+1/p-2/b22-20+;;/t26-,27+,28+,30-,31-,32+,33+;;/m0../s1. The Kier molecular flexibility index (Phi) is 33.5. The minimum absolute atomic E-state index is 0. The molecule has 1 saturated heterocycles. The number of aliphatic hydroxyl groups is 3. The first-order valence-corrected chi connectivity index (χ1v) is 20.9. The zero-order chi connectivity index (χ0) is 37.4. The first-order chi connectivity index (χ1) is 23.7. The fourth-order valence-electron chi connectivity index (χ4n) is 5.63. The third-order valence-electron chi connectivity index (χ3n) is 8.51. The monoisotopic (exact) mass is 805 g/mol. The molecular weight excluding hydrogens is 744 g/mol. The molecule has 0 radical (unpaired) electrons. The smallest absolute Gasteiger partial charge is 0.726 e. The minimum atomic E-state index is -5.48. The van der Waals surface area contributed by atoms with Crippen molar-refractivity contribution in [3.05, 3.63) is 12.2 Å². The number of carbonyl (C=O) groups is 1. The van der Waals surface area contributed by atoms with Crippen LogP contribution in [0.3, 0.4) is 0 Å².